The van der Waals surface area contributed by atoms with Gasteiger partial charge in [-0.1, -0.05) is 0 Å². The first-order valence-corrected chi connectivity index (χ1v) is 13.6. The van der Waals surface area contributed by atoms with Gasteiger partial charge in [0, 0.05) is 0 Å². The average molecular weight is 509 g/mol. The molecule has 0 aliphatic heterocycles. The standard InChI is InChI=1S/C19H16N.C9H13.2FH.Zr/c1-13-14(2)20(19-10-6-5-9-18(13)19)17-11-15-7-3-4-8-16(15)12-17;1-6-5-7(2)9(4)8(6)3;;;/h3-12H,1-2H3;6H,1-4H3;2*1H;/q;;;;+2/p-2. The second-order valence-corrected chi connectivity index (χ2v) is 12.4. The molecule has 0 fully saturated rings. The fraction of sp³-hybridized carbons (Fsp3) is 0.286. The first-order valence-electron chi connectivity index (χ1n) is 10.9. The molecule has 2 aromatic carbocycles. The van der Waals surface area contributed by atoms with Gasteiger partial charge in [0.05, 0.1) is 0 Å². The van der Waals surface area contributed by atoms with Crippen LogP contribution in [-0.4, -0.2) is 4.57 Å². The molecule has 1 heterocycles. The van der Waals surface area contributed by atoms with E-state index in [1.807, 2.05) is 0 Å². The van der Waals surface area contributed by atoms with Crippen LogP contribution in [-0.2, 0) is 23.2 Å². The third kappa shape index (κ3) is 3.52. The predicted molar refractivity (Wildman–Crippen MR) is 125 cm³/mol. The Bertz CT molecular complexity index is 1290. The van der Waals surface area contributed by atoms with Crippen molar-refractivity contribution >= 4 is 22.7 Å². The van der Waals surface area contributed by atoms with Crippen molar-refractivity contribution in [1.82, 2.24) is 4.57 Å². The summed E-state index contributed by atoms with van der Waals surface area (Å²) in [5.74, 6) is 0.620. The summed E-state index contributed by atoms with van der Waals surface area (Å²) in [7, 11) is 0. The third-order valence-corrected chi connectivity index (χ3v) is 12.5. The minimum atomic E-state index is -0.879. The number of nitrogens with zero attached hydrogens (tertiary/aromatic N) is 1. The van der Waals surface area contributed by atoms with Crippen molar-refractivity contribution in [2.75, 3.05) is 0 Å². The molecule has 4 heteroatoms. The summed E-state index contributed by atoms with van der Waals surface area (Å²) in [6.45, 7) is 14.0. The quantitative estimate of drug-likeness (QED) is 0.507. The summed E-state index contributed by atoms with van der Waals surface area (Å²) in [5.41, 5.74) is 13.3. The van der Waals surface area contributed by atoms with E-state index in [2.05, 4.69) is 101 Å². The number of halogens is 2. The number of aryl methyl sites for hydroxylation is 1. The number of hydrogen-bond acceptors (Lipinski definition) is 0. The Balaban J connectivity index is 0.00000144. The Labute approximate surface area is 201 Å². The van der Waals surface area contributed by atoms with Gasteiger partial charge < -0.3 is 9.41 Å². The van der Waals surface area contributed by atoms with Crippen molar-refractivity contribution in [2.45, 2.75) is 45.2 Å². The summed E-state index contributed by atoms with van der Waals surface area (Å²) < 4.78 is 4.91. The zero-order valence-electron chi connectivity index (χ0n) is 19.6. The van der Waals surface area contributed by atoms with Crippen LogP contribution in [0.3, 0.4) is 0 Å². The number of allylic oxidation sites excluding steroid dienone is 5. The molecular formula is C28H29F2NZr. The van der Waals surface area contributed by atoms with E-state index in [9.17, 15) is 0 Å². The smallest absolute Gasteiger partial charge is 1.00 e. The van der Waals surface area contributed by atoms with Gasteiger partial charge in [-0.05, 0) is 0 Å². The van der Waals surface area contributed by atoms with Crippen LogP contribution in [0.5, 0.6) is 0 Å². The molecule has 164 valence electrons. The predicted octanol–water partition coefficient (Wildman–Crippen LogP) is 1.66. The van der Waals surface area contributed by atoms with E-state index in [-0.39, 0.29) is 9.41 Å². The van der Waals surface area contributed by atoms with Crippen molar-refractivity contribution in [3.05, 3.63) is 90.9 Å². The minimum Gasteiger partial charge on any atom is -1.00 e. The SMILES string of the molecule is CC1=C(C)C(C)[C]([Zr+2][CH]2C(n3c(C)c(C)c4ccccc43)=Cc3ccccc32)=C1C.[F-].[F-]. The molecule has 0 N–H and O–H groups in total. The van der Waals surface area contributed by atoms with Crippen molar-refractivity contribution < 1.29 is 32.6 Å². The van der Waals surface area contributed by atoms with Gasteiger partial charge >= 0.3 is 192 Å². The van der Waals surface area contributed by atoms with Crippen LogP contribution in [0.25, 0.3) is 22.7 Å². The van der Waals surface area contributed by atoms with E-state index in [0.717, 1.165) is 0 Å². The molecule has 0 saturated heterocycles. The molecule has 1 nitrogen and oxygen atoms in total. The van der Waals surface area contributed by atoms with E-state index in [1.165, 1.54) is 39.0 Å². The summed E-state index contributed by atoms with van der Waals surface area (Å²) in [6, 6.07) is 18.0. The summed E-state index contributed by atoms with van der Waals surface area (Å²) in [4.78, 5) is 0. The number of aromatic nitrogens is 1. The maximum absolute atomic E-state index is 2.57. The largest absolute Gasteiger partial charge is 1.00 e. The third-order valence-electron chi connectivity index (χ3n) is 7.53. The fourth-order valence-electron chi connectivity index (χ4n) is 5.27. The first-order chi connectivity index (χ1) is 14.4. The van der Waals surface area contributed by atoms with Crippen LogP contribution in [0.15, 0.2) is 68.5 Å². The van der Waals surface area contributed by atoms with Crippen LogP contribution in [0.4, 0.5) is 0 Å². The molecule has 1 aromatic heterocycles. The molecule has 2 aliphatic rings. The van der Waals surface area contributed by atoms with E-state index in [0.29, 0.717) is 9.54 Å². The van der Waals surface area contributed by atoms with Gasteiger partial charge in [0.1, 0.15) is 0 Å². The Morgan fingerprint density at radius 2 is 1.47 bits per heavy atom. The number of para-hydroxylation sites is 1. The van der Waals surface area contributed by atoms with Crippen molar-refractivity contribution in [3.63, 3.8) is 0 Å². The zero-order chi connectivity index (χ0) is 21.2. The van der Waals surface area contributed by atoms with Crippen molar-refractivity contribution in [2.24, 2.45) is 5.92 Å². The number of rotatable bonds is 3. The van der Waals surface area contributed by atoms with Crippen LogP contribution in [0.1, 0.15) is 53.7 Å². The number of benzene rings is 2. The van der Waals surface area contributed by atoms with E-state index in [1.54, 1.807) is 20.0 Å². The molecule has 0 amide bonds. The van der Waals surface area contributed by atoms with E-state index in [4.69, 9.17) is 0 Å². The molecule has 0 saturated carbocycles. The Hall–Kier alpha value is -2.06. The molecule has 0 bridgehead atoms. The van der Waals surface area contributed by atoms with Gasteiger partial charge in [0.25, 0.3) is 0 Å². The summed E-state index contributed by atoms with van der Waals surface area (Å²) in [6.07, 6.45) is 2.47. The monoisotopic (exact) mass is 507 g/mol. The molecule has 0 radical (unpaired) electrons. The van der Waals surface area contributed by atoms with Gasteiger partial charge in [-0.25, -0.2) is 0 Å². The number of fused-ring (bicyclic) bond motifs is 2. The van der Waals surface area contributed by atoms with Crippen LogP contribution < -0.4 is 9.41 Å². The molecular weight excluding hydrogens is 480 g/mol. The molecule has 2 atom stereocenters. The second kappa shape index (κ2) is 9.06. The number of hydrogen-bond donors (Lipinski definition) is 0. The van der Waals surface area contributed by atoms with Crippen LogP contribution in [0.2, 0.25) is 0 Å². The zero-order valence-corrected chi connectivity index (χ0v) is 22.0. The van der Waals surface area contributed by atoms with Crippen LogP contribution in [0, 0.1) is 19.8 Å². The average Bonchev–Trinajstić information content (AvgIpc) is 3.30. The maximum Gasteiger partial charge on any atom is -1.00 e. The minimum absolute atomic E-state index is 0. The Kier molecular flexibility index (Phi) is 6.96. The molecule has 2 unspecified atom stereocenters. The van der Waals surface area contributed by atoms with Gasteiger partial charge in [-0.2, -0.15) is 0 Å². The van der Waals surface area contributed by atoms with E-state index < -0.39 is 23.2 Å². The van der Waals surface area contributed by atoms with Gasteiger partial charge in [-0.15, -0.1) is 0 Å². The molecule has 3 aromatic rings. The normalized spacial score (nSPS) is 19.5. The van der Waals surface area contributed by atoms with Gasteiger partial charge in [0.2, 0.25) is 0 Å². The maximum atomic E-state index is 2.57. The topological polar surface area (TPSA) is 4.93 Å². The van der Waals surface area contributed by atoms with Crippen molar-refractivity contribution in [3.8, 4) is 0 Å². The molecule has 0 spiro atoms. The summed E-state index contributed by atoms with van der Waals surface area (Å²) >= 11 is -0.879. The Morgan fingerprint density at radius 1 is 0.812 bits per heavy atom. The molecule has 32 heavy (non-hydrogen) atoms. The molecule has 5 rings (SSSR count). The Morgan fingerprint density at radius 3 is 2.16 bits per heavy atom. The van der Waals surface area contributed by atoms with Gasteiger partial charge in [-0.3, -0.25) is 0 Å². The van der Waals surface area contributed by atoms with E-state index >= 15 is 0 Å². The van der Waals surface area contributed by atoms with Crippen LogP contribution >= 0.6 is 0 Å². The second-order valence-electron chi connectivity index (χ2n) is 8.91. The fourth-order valence-corrected chi connectivity index (χ4v) is 10.1. The van der Waals surface area contributed by atoms with Crippen molar-refractivity contribution in [1.29, 1.82) is 0 Å². The first kappa shape index (κ1) is 24.6. The summed E-state index contributed by atoms with van der Waals surface area (Å²) in [5, 5.41) is 1.38. The molecule has 2 aliphatic carbocycles. The van der Waals surface area contributed by atoms with Gasteiger partial charge in [0.15, 0.2) is 0 Å².